The lowest BCUT2D eigenvalue weighted by atomic mass is 9.99. The monoisotopic (exact) mass is 375 g/mol. The predicted molar refractivity (Wildman–Crippen MR) is 124 cm³/mol. The molecule has 0 bridgehead atoms. The normalized spacial score (nSPS) is 12.4. The van der Waals surface area contributed by atoms with Crippen molar-refractivity contribution in [3.63, 3.8) is 0 Å². The second kappa shape index (κ2) is 11.8. The molecule has 0 radical (unpaired) electrons. The maximum atomic E-state index is 4.56. The number of para-hydroxylation sites is 1. The van der Waals surface area contributed by atoms with Crippen LogP contribution in [0.3, 0.4) is 0 Å². The molecule has 2 aromatic rings. The Bertz CT molecular complexity index is 786. The molecule has 148 valence electrons. The van der Waals surface area contributed by atoms with Gasteiger partial charge in [-0.15, -0.1) is 0 Å². The summed E-state index contributed by atoms with van der Waals surface area (Å²) in [4.78, 5) is 4.56. The summed E-state index contributed by atoms with van der Waals surface area (Å²) < 4.78 is 0. The molecule has 3 rings (SSSR count). The van der Waals surface area contributed by atoms with Gasteiger partial charge in [-0.3, -0.25) is 4.99 Å². The molecule has 1 aliphatic heterocycles. The topological polar surface area (TPSA) is 36.4 Å². The number of hydrogen-bond acceptors (Lipinski definition) is 3. The standard InChI is InChI=1S/C23H27N3.C2H6/c1-3-19-10-12-20(13-11-19)22-14-17-26-23(22)18(2)24-15-7-16-25-21-8-5-4-6-9-21;1-2/h4-6,8-13,17,24-25H,2-3,7,14-16H2,1H3;1-2H3. The van der Waals surface area contributed by atoms with Gasteiger partial charge < -0.3 is 10.6 Å². The Morgan fingerprint density at radius 3 is 2.39 bits per heavy atom. The number of anilines is 1. The van der Waals surface area contributed by atoms with E-state index in [9.17, 15) is 0 Å². The molecule has 1 aliphatic rings. The molecule has 0 atom stereocenters. The van der Waals surface area contributed by atoms with Gasteiger partial charge in [0.25, 0.3) is 0 Å². The molecule has 1 heterocycles. The van der Waals surface area contributed by atoms with E-state index in [2.05, 4.69) is 65.5 Å². The van der Waals surface area contributed by atoms with Crippen LogP contribution in [0.1, 0.15) is 44.7 Å². The Morgan fingerprint density at radius 1 is 1.00 bits per heavy atom. The summed E-state index contributed by atoms with van der Waals surface area (Å²) in [5.74, 6) is 0. The van der Waals surface area contributed by atoms with E-state index in [0.717, 1.165) is 49.4 Å². The quantitative estimate of drug-likeness (QED) is 0.522. The molecule has 0 saturated heterocycles. The van der Waals surface area contributed by atoms with Crippen molar-refractivity contribution in [1.82, 2.24) is 5.32 Å². The first kappa shape index (κ1) is 21.5. The fourth-order valence-electron chi connectivity index (χ4n) is 3.06. The molecule has 0 aliphatic carbocycles. The number of allylic oxidation sites excluding steroid dienone is 1. The lowest BCUT2D eigenvalue weighted by molar-refractivity contribution is 0.753. The molecule has 3 nitrogen and oxygen atoms in total. The number of aryl methyl sites for hydroxylation is 1. The zero-order chi connectivity index (χ0) is 20.2. The Hall–Kier alpha value is -2.81. The maximum absolute atomic E-state index is 4.56. The maximum Gasteiger partial charge on any atom is 0.0892 e. The zero-order valence-electron chi connectivity index (χ0n) is 17.5. The van der Waals surface area contributed by atoms with Gasteiger partial charge in [-0.05, 0) is 41.7 Å². The number of rotatable bonds is 9. The van der Waals surface area contributed by atoms with Gasteiger partial charge in [0.1, 0.15) is 0 Å². The molecular weight excluding hydrogens is 342 g/mol. The molecule has 0 unspecified atom stereocenters. The van der Waals surface area contributed by atoms with Gasteiger partial charge in [0.2, 0.25) is 0 Å². The third-order valence-corrected chi connectivity index (χ3v) is 4.59. The van der Waals surface area contributed by atoms with Crippen molar-refractivity contribution in [2.45, 2.75) is 40.0 Å². The van der Waals surface area contributed by atoms with Crippen molar-refractivity contribution in [2.24, 2.45) is 4.99 Å². The van der Waals surface area contributed by atoms with Gasteiger partial charge in [0.05, 0.1) is 11.4 Å². The summed E-state index contributed by atoms with van der Waals surface area (Å²) >= 11 is 0. The van der Waals surface area contributed by atoms with Crippen LogP contribution in [0.4, 0.5) is 5.69 Å². The van der Waals surface area contributed by atoms with E-state index < -0.39 is 0 Å². The lowest BCUT2D eigenvalue weighted by Crippen LogP contribution is -2.18. The van der Waals surface area contributed by atoms with Crippen LogP contribution < -0.4 is 10.6 Å². The van der Waals surface area contributed by atoms with E-state index in [-0.39, 0.29) is 0 Å². The fourth-order valence-corrected chi connectivity index (χ4v) is 3.06. The summed E-state index contributed by atoms with van der Waals surface area (Å²) in [6.07, 6.45) is 4.93. The highest BCUT2D eigenvalue weighted by molar-refractivity contribution is 5.88. The third kappa shape index (κ3) is 6.12. The van der Waals surface area contributed by atoms with Gasteiger partial charge in [0, 0.05) is 31.4 Å². The Morgan fingerprint density at radius 2 is 1.71 bits per heavy atom. The van der Waals surface area contributed by atoms with Crippen LogP contribution in [0.25, 0.3) is 5.57 Å². The molecule has 0 aromatic heterocycles. The summed E-state index contributed by atoms with van der Waals surface area (Å²) in [5, 5.41) is 6.85. The van der Waals surface area contributed by atoms with Crippen LogP contribution in [0.15, 0.2) is 77.6 Å². The number of nitrogens with zero attached hydrogens (tertiary/aromatic N) is 1. The number of benzene rings is 2. The zero-order valence-corrected chi connectivity index (χ0v) is 17.5. The van der Waals surface area contributed by atoms with Crippen molar-refractivity contribution in [3.05, 3.63) is 83.7 Å². The van der Waals surface area contributed by atoms with E-state index in [1.807, 2.05) is 38.3 Å². The smallest absolute Gasteiger partial charge is 0.0892 e. The van der Waals surface area contributed by atoms with Crippen molar-refractivity contribution in [1.29, 1.82) is 0 Å². The number of hydrogen-bond donors (Lipinski definition) is 2. The Labute approximate surface area is 170 Å². The SMILES string of the molecule is C=C(NCCCNc1ccccc1)C1=C(c2ccc(CC)cc2)CC=N1.CC. The average Bonchev–Trinajstić information content (AvgIpc) is 3.26. The molecule has 0 amide bonds. The first-order valence-corrected chi connectivity index (χ1v) is 10.3. The molecule has 0 spiro atoms. The minimum atomic E-state index is 0.872. The molecule has 0 fully saturated rings. The highest BCUT2D eigenvalue weighted by Gasteiger charge is 2.15. The highest BCUT2D eigenvalue weighted by Crippen LogP contribution is 2.29. The first-order chi connectivity index (χ1) is 13.8. The molecule has 2 aromatic carbocycles. The highest BCUT2D eigenvalue weighted by atomic mass is 14.9. The average molecular weight is 376 g/mol. The minimum Gasteiger partial charge on any atom is -0.385 e. The Balaban J connectivity index is 0.00000136. The number of aliphatic imine (C=N–C) groups is 1. The largest absolute Gasteiger partial charge is 0.385 e. The van der Waals surface area contributed by atoms with Crippen molar-refractivity contribution in [2.75, 3.05) is 18.4 Å². The van der Waals surface area contributed by atoms with Gasteiger partial charge in [-0.1, -0.05) is 69.8 Å². The predicted octanol–water partition coefficient (Wildman–Crippen LogP) is 6.07. The van der Waals surface area contributed by atoms with E-state index >= 15 is 0 Å². The van der Waals surface area contributed by atoms with E-state index in [1.165, 1.54) is 16.7 Å². The summed E-state index contributed by atoms with van der Waals surface area (Å²) in [7, 11) is 0. The van der Waals surface area contributed by atoms with Crippen molar-refractivity contribution in [3.8, 4) is 0 Å². The van der Waals surface area contributed by atoms with Crippen LogP contribution in [-0.4, -0.2) is 19.3 Å². The van der Waals surface area contributed by atoms with Gasteiger partial charge in [-0.2, -0.15) is 0 Å². The van der Waals surface area contributed by atoms with Crippen LogP contribution in [0.2, 0.25) is 0 Å². The van der Waals surface area contributed by atoms with E-state index in [0.29, 0.717) is 0 Å². The molecule has 2 N–H and O–H groups in total. The molecule has 3 heteroatoms. The third-order valence-electron chi connectivity index (χ3n) is 4.59. The number of nitrogens with one attached hydrogen (secondary N) is 2. The van der Waals surface area contributed by atoms with Gasteiger partial charge in [-0.25, -0.2) is 0 Å². The summed E-state index contributed by atoms with van der Waals surface area (Å²) in [6.45, 7) is 12.2. The van der Waals surface area contributed by atoms with E-state index in [4.69, 9.17) is 0 Å². The Kier molecular flexibility index (Phi) is 9.06. The second-order valence-corrected chi connectivity index (χ2v) is 6.45. The lowest BCUT2D eigenvalue weighted by Gasteiger charge is -2.13. The van der Waals surface area contributed by atoms with Gasteiger partial charge in [0.15, 0.2) is 0 Å². The summed E-state index contributed by atoms with van der Waals surface area (Å²) in [6, 6.07) is 19.1. The molecular formula is C25H33N3. The minimum absolute atomic E-state index is 0.872. The molecule has 0 saturated carbocycles. The summed E-state index contributed by atoms with van der Waals surface area (Å²) in [5.41, 5.74) is 6.92. The fraction of sp³-hybridized carbons (Fsp3) is 0.320. The van der Waals surface area contributed by atoms with Crippen LogP contribution in [-0.2, 0) is 6.42 Å². The van der Waals surface area contributed by atoms with E-state index in [1.54, 1.807) is 0 Å². The molecule has 28 heavy (non-hydrogen) atoms. The second-order valence-electron chi connectivity index (χ2n) is 6.45. The first-order valence-electron chi connectivity index (χ1n) is 10.3. The van der Waals surface area contributed by atoms with Crippen LogP contribution >= 0.6 is 0 Å². The van der Waals surface area contributed by atoms with Crippen molar-refractivity contribution >= 4 is 17.5 Å². The van der Waals surface area contributed by atoms with Crippen LogP contribution in [0.5, 0.6) is 0 Å². The van der Waals surface area contributed by atoms with Crippen molar-refractivity contribution < 1.29 is 0 Å². The van der Waals surface area contributed by atoms with Gasteiger partial charge >= 0.3 is 0 Å². The van der Waals surface area contributed by atoms with Crippen LogP contribution in [0, 0.1) is 0 Å².